The molecule has 1 aromatic carbocycles. The molecule has 23 heavy (non-hydrogen) atoms. The molecular weight excluding hydrogens is 316 g/mol. The monoisotopic (exact) mass is 336 g/mol. The van der Waals surface area contributed by atoms with E-state index in [1.54, 1.807) is 11.0 Å². The van der Waals surface area contributed by atoms with Crippen LogP contribution in [0.3, 0.4) is 0 Å². The van der Waals surface area contributed by atoms with Gasteiger partial charge in [0.2, 0.25) is 0 Å². The van der Waals surface area contributed by atoms with Gasteiger partial charge in [-0.15, -0.1) is 12.4 Å². The van der Waals surface area contributed by atoms with E-state index in [4.69, 9.17) is 4.42 Å². The number of piperidine rings is 1. The normalized spacial score (nSPS) is 17.8. The van der Waals surface area contributed by atoms with Gasteiger partial charge in [0.25, 0.3) is 5.91 Å². The molecule has 6 heteroatoms. The van der Waals surface area contributed by atoms with E-state index in [-0.39, 0.29) is 29.9 Å². The summed E-state index contributed by atoms with van der Waals surface area (Å²) >= 11 is 0. The lowest BCUT2D eigenvalue weighted by atomic mass is 10.0. The van der Waals surface area contributed by atoms with Gasteiger partial charge in [0.15, 0.2) is 0 Å². The quantitative estimate of drug-likeness (QED) is 0.855. The maximum Gasteiger partial charge on any atom is 0.349 e. The molecule has 3 rings (SSSR count). The van der Waals surface area contributed by atoms with Crippen molar-refractivity contribution in [1.82, 2.24) is 10.2 Å². The summed E-state index contributed by atoms with van der Waals surface area (Å²) in [6, 6.07) is 7.59. The summed E-state index contributed by atoms with van der Waals surface area (Å²) in [5, 5.41) is 4.02. The number of benzene rings is 1. The van der Waals surface area contributed by atoms with Crippen LogP contribution in [0, 0.1) is 6.92 Å². The Labute approximate surface area is 141 Å². The van der Waals surface area contributed by atoms with Crippen molar-refractivity contribution in [1.29, 1.82) is 0 Å². The Balaban J connectivity index is 0.00000192. The van der Waals surface area contributed by atoms with Crippen LogP contribution in [0.1, 0.15) is 28.8 Å². The molecule has 1 N–H and O–H groups in total. The zero-order valence-corrected chi connectivity index (χ0v) is 14.1. The van der Waals surface area contributed by atoms with Crippen LogP contribution in [0.2, 0.25) is 0 Å². The first-order valence-corrected chi connectivity index (χ1v) is 7.61. The number of hydrogen-bond donors (Lipinski definition) is 1. The fourth-order valence-electron chi connectivity index (χ4n) is 3.11. The molecular formula is C17H21ClN2O3. The topological polar surface area (TPSA) is 62.6 Å². The summed E-state index contributed by atoms with van der Waals surface area (Å²) in [4.78, 5) is 26.8. The molecule has 1 aliphatic heterocycles. The van der Waals surface area contributed by atoms with Gasteiger partial charge in [0.1, 0.15) is 11.1 Å². The SMILES string of the molecule is CNC1CCCN(C(=O)c2c(C)c3ccccc3oc2=O)C1.Cl. The lowest BCUT2D eigenvalue weighted by Crippen LogP contribution is -2.48. The van der Waals surface area contributed by atoms with Crippen molar-refractivity contribution in [2.75, 3.05) is 20.1 Å². The average molecular weight is 337 g/mol. The second kappa shape index (κ2) is 7.15. The number of carbonyl (C=O) groups is 1. The molecule has 0 spiro atoms. The fourth-order valence-corrected chi connectivity index (χ4v) is 3.11. The summed E-state index contributed by atoms with van der Waals surface area (Å²) in [5.41, 5.74) is 0.833. The molecule has 0 bridgehead atoms. The zero-order valence-electron chi connectivity index (χ0n) is 13.3. The Morgan fingerprint density at radius 3 is 2.83 bits per heavy atom. The van der Waals surface area contributed by atoms with Gasteiger partial charge in [0, 0.05) is 24.5 Å². The predicted molar refractivity (Wildman–Crippen MR) is 92.5 cm³/mol. The van der Waals surface area contributed by atoms with Crippen LogP contribution in [0.5, 0.6) is 0 Å². The van der Waals surface area contributed by atoms with Gasteiger partial charge in [0.05, 0.1) is 0 Å². The fraction of sp³-hybridized carbons (Fsp3) is 0.412. The van der Waals surface area contributed by atoms with Crippen LogP contribution in [0.15, 0.2) is 33.5 Å². The molecule has 1 aliphatic rings. The number of likely N-dealkylation sites (N-methyl/N-ethyl adjacent to an activating group) is 1. The summed E-state index contributed by atoms with van der Waals surface area (Å²) in [5.74, 6) is -0.225. The Bertz CT molecular complexity index is 772. The number of likely N-dealkylation sites (tertiary alicyclic amines) is 1. The maximum atomic E-state index is 12.8. The van der Waals surface area contributed by atoms with E-state index in [1.165, 1.54) is 0 Å². The third kappa shape index (κ3) is 3.26. The molecule has 1 saturated heterocycles. The third-order valence-electron chi connectivity index (χ3n) is 4.40. The van der Waals surface area contributed by atoms with Gasteiger partial charge < -0.3 is 14.6 Å². The highest BCUT2D eigenvalue weighted by Gasteiger charge is 2.27. The standard InChI is InChI=1S/C17H20N2O3.ClH/c1-11-13-7-3-4-8-14(13)22-17(21)15(11)16(20)19-9-5-6-12(10-19)18-2;/h3-4,7-8,12,18H,5-6,9-10H2,1-2H3;1H. The van der Waals surface area contributed by atoms with E-state index < -0.39 is 5.63 Å². The summed E-state index contributed by atoms with van der Waals surface area (Å²) in [6.45, 7) is 3.12. The number of halogens is 1. The molecule has 0 saturated carbocycles. The first kappa shape index (κ1) is 17.5. The van der Waals surface area contributed by atoms with Gasteiger partial charge in [-0.2, -0.15) is 0 Å². The van der Waals surface area contributed by atoms with Crippen molar-refractivity contribution in [3.63, 3.8) is 0 Å². The molecule has 1 atom stereocenters. The number of aryl methyl sites for hydroxylation is 1. The van der Waals surface area contributed by atoms with Gasteiger partial charge in [-0.3, -0.25) is 4.79 Å². The van der Waals surface area contributed by atoms with Crippen LogP contribution >= 0.6 is 12.4 Å². The first-order chi connectivity index (χ1) is 10.6. The zero-order chi connectivity index (χ0) is 15.7. The van der Waals surface area contributed by atoms with Crippen molar-refractivity contribution >= 4 is 29.3 Å². The van der Waals surface area contributed by atoms with E-state index in [9.17, 15) is 9.59 Å². The van der Waals surface area contributed by atoms with Crippen molar-refractivity contribution in [3.8, 4) is 0 Å². The van der Waals surface area contributed by atoms with Crippen LogP contribution in [-0.4, -0.2) is 37.0 Å². The van der Waals surface area contributed by atoms with Crippen LogP contribution < -0.4 is 10.9 Å². The van der Waals surface area contributed by atoms with E-state index in [1.807, 2.05) is 32.2 Å². The van der Waals surface area contributed by atoms with E-state index in [0.29, 0.717) is 24.2 Å². The van der Waals surface area contributed by atoms with Crippen LogP contribution in [0.4, 0.5) is 0 Å². The van der Waals surface area contributed by atoms with E-state index in [2.05, 4.69) is 5.32 Å². The Hall–Kier alpha value is -1.85. The highest BCUT2D eigenvalue weighted by Crippen LogP contribution is 2.21. The largest absolute Gasteiger partial charge is 0.422 e. The summed E-state index contributed by atoms with van der Waals surface area (Å²) < 4.78 is 5.32. The van der Waals surface area contributed by atoms with Gasteiger partial charge in [-0.25, -0.2) is 4.79 Å². The van der Waals surface area contributed by atoms with Crippen molar-refractivity contribution in [2.24, 2.45) is 0 Å². The molecule has 1 aromatic heterocycles. The Morgan fingerprint density at radius 2 is 2.09 bits per heavy atom. The molecule has 1 unspecified atom stereocenters. The summed E-state index contributed by atoms with van der Waals surface area (Å²) in [6.07, 6.45) is 1.99. The Morgan fingerprint density at radius 1 is 1.35 bits per heavy atom. The molecule has 1 fully saturated rings. The van der Waals surface area contributed by atoms with Crippen LogP contribution in [0.25, 0.3) is 11.0 Å². The molecule has 5 nitrogen and oxygen atoms in total. The summed E-state index contributed by atoms with van der Waals surface area (Å²) in [7, 11) is 1.90. The lowest BCUT2D eigenvalue weighted by Gasteiger charge is -2.32. The molecule has 0 aliphatic carbocycles. The maximum absolute atomic E-state index is 12.8. The molecule has 1 amide bonds. The minimum Gasteiger partial charge on any atom is -0.422 e. The average Bonchev–Trinajstić information content (AvgIpc) is 2.54. The van der Waals surface area contributed by atoms with Crippen molar-refractivity contribution in [3.05, 3.63) is 45.8 Å². The number of para-hydroxylation sites is 1. The van der Waals surface area contributed by atoms with Crippen LogP contribution in [-0.2, 0) is 0 Å². The first-order valence-electron chi connectivity index (χ1n) is 7.61. The smallest absolute Gasteiger partial charge is 0.349 e. The predicted octanol–water partition coefficient (Wildman–Crippen LogP) is 2.35. The highest BCUT2D eigenvalue weighted by atomic mass is 35.5. The number of amides is 1. The second-order valence-electron chi connectivity index (χ2n) is 5.76. The molecule has 2 heterocycles. The van der Waals surface area contributed by atoms with E-state index >= 15 is 0 Å². The number of fused-ring (bicyclic) bond motifs is 1. The number of rotatable bonds is 2. The minimum absolute atomic E-state index is 0. The van der Waals surface area contributed by atoms with Crippen molar-refractivity contribution < 1.29 is 9.21 Å². The van der Waals surface area contributed by atoms with Gasteiger partial charge >= 0.3 is 5.63 Å². The molecule has 2 aromatic rings. The van der Waals surface area contributed by atoms with Crippen molar-refractivity contribution in [2.45, 2.75) is 25.8 Å². The second-order valence-corrected chi connectivity index (χ2v) is 5.76. The Kier molecular flexibility index (Phi) is 5.44. The number of hydrogen-bond acceptors (Lipinski definition) is 4. The number of nitrogens with one attached hydrogen (secondary N) is 1. The van der Waals surface area contributed by atoms with Gasteiger partial charge in [-0.05, 0) is 38.4 Å². The van der Waals surface area contributed by atoms with E-state index in [0.717, 1.165) is 18.2 Å². The third-order valence-corrected chi connectivity index (χ3v) is 4.40. The molecule has 124 valence electrons. The lowest BCUT2D eigenvalue weighted by molar-refractivity contribution is 0.0693. The highest BCUT2D eigenvalue weighted by molar-refractivity contribution is 5.99. The molecule has 0 radical (unpaired) electrons. The number of nitrogens with zero attached hydrogens (tertiary/aromatic N) is 1. The van der Waals surface area contributed by atoms with Gasteiger partial charge in [-0.1, -0.05) is 18.2 Å². The minimum atomic E-state index is -0.548. The number of carbonyl (C=O) groups excluding carboxylic acids is 1.